The van der Waals surface area contributed by atoms with Crippen molar-refractivity contribution >= 4 is 11.8 Å². The van der Waals surface area contributed by atoms with Gasteiger partial charge in [-0.15, -0.1) is 0 Å². The third kappa shape index (κ3) is 2.47. The van der Waals surface area contributed by atoms with Gasteiger partial charge in [0.15, 0.2) is 0 Å². The van der Waals surface area contributed by atoms with Crippen LogP contribution in [0.15, 0.2) is 24.5 Å². The summed E-state index contributed by atoms with van der Waals surface area (Å²) in [5.41, 5.74) is -0.667. The molecule has 8 heteroatoms. The summed E-state index contributed by atoms with van der Waals surface area (Å²) in [7, 11) is 5.26. The van der Waals surface area contributed by atoms with E-state index in [-0.39, 0.29) is 17.9 Å². The van der Waals surface area contributed by atoms with E-state index >= 15 is 0 Å². The first kappa shape index (κ1) is 17.2. The van der Waals surface area contributed by atoms with Crippen LogP contribution in [0.3, 0.4) is 0 Å². The molecule has 1 aromatic rings. The Morgan fingerprint density at radius 2 is 2.35 bits per heavy atom. The van der Waals surface area contributed by atoms with Crippen molar-refractivity contribution in [1.29, 1.82) is 0 Å². The molecule has 3 aliphatic heterocycles. The molecule has 4 heterocycles. The molecule has 2 amide bonds. The molecular weight excluding hydrogens is 336 g/mol. The van der Waals surface area contributed by atoms with E-state index in [1.165, 1.54) is 0 Å². The summed E-state index contributed by atoms with van der Waals surface area (Å²) in [4.78, 5) is 33.8. The van der Waals surface area contributed by atoms with Crippen LogP contribution in [0.4, 0.5) is 0 Å². The molecule has 26 heavy (non-hydrogen) atoms. The van der Waals surface area contributed by atoms with Gasteiger partial charge in [0, 0.05) is 40.1 Å². The van der Waals surface area contributed by atoms with Gasteiger partial charge in [-0.3, -0.25) is 9.59 Å². The zero-order valence-electron chi connectivity index (χ0n) is 15.3. The van der Waals surface area contributed by atoms with Crippen molar-refractivity contribution in [2.24, 2.45) is 18.9 Å². The van der Waals surface area contributed by atoms with E-state index in [0.29, 0.717) is 26.2 Å². The maximum Gasteiger partial charge on any atom is 0.230 e. The molecule has 0 N–H and O–H groups in total. The molecule has 140 valence electrons. The van der Waals surface area contributed by atoms with Gasteiger partial charge in [0.2, 0.25) is 11.8 Å². The molecule has 1 aromatic heterocycles. The Morgan fingerprint density at radius 3 is 3.04 bits per heavy atom. The Bertz CT molecular complexity index is 760. The van der Waals surface area contributed by atoms with Crippen LogP contribution in [0.25, 0.3) is 0 Å². The Kier molecular flexibility index (Phi) is 4.11. The SMILES string of the molecule is COCCN1C[C@]23C=C[C@H](O2)[C@H](C(=O)N(C)Cc2nccn2C)[C@H]3C1=O. The van der Waals surface area contributed by atoms with Gasteiger partial charge in [-0.25, -0.2) is 4.98 Å². The lowest BCUT2D eigenvalue weighted by atomic mass is 9.76. The number of ether oxygens (including phenoxy) is 2. The summed E-state index contributed by atoms with van der Waals surface area (Å²) in [5.74, 6) is -0.223. The second kappa shape index (κ2) is 6.21. The van der Waals surface area contributed by atoms with Gasteiger partial charge < -0.3 is 23.8 Å². The van der Waals surface area contributed by atoms with Gasteiger partial charge in [0.1, 0.15) is 11.4 Å². The number of nitrogens with zero attached hydrogens (tertiary/aromatic N) is 4. The fourth-order valence-electron chi connectivity index (χ4n) is 4.34. The summed E-state index contributed by atoms with van der Waals surface area (Å²) < 4.78 is 13.1. The quantitative estimate of drug-likeness (QED) is 0.657. The average molecular weight is 360 g/mol. The number of aromatic nitrogens is 2. The van der Waals surface area contributed by atoms with E-state index in [1.54, 1.807) is 30.2 Å². The van der Waals surface area contributed by atoms with Gasteiger partial charge in [-0.1, -0.05) is 12.2 Å². The normalized spacial score (nSPS) is 31.7. The second-order valence-electron chi connectivity index (χ2n) is 7.30. The number of amides is 2. The molecule has 0 saturated carbocycles. The van der Waals surface area contributed by atoms with Gasteiger partial charge >= 0.3 is 0 Å². The molecule has 3 aliphatic rings. The number of rotatable bonds is 6. The highest BCUT2D eigenvalue weighted by Gasteiger charge is 2.66. The number of likely N-dealkylation sites (tertiary alicyclic amines) is 1. The molecule has 0 radical (unpaired) electrons. The highest BCUT2D eigenvalue weighted by Crippen LogP contribution is 2.52. The minimum absolute atomic E-state index is 0.0161. The van der Waals surface area contributed by atoms with E-state index in [2.05, 4.69) is 4.98 Å². The number of hydrogen-bond donors (Lipinski definition) is 0. The summed E-state index contributed by atoms with van der Waals surface area (Å²) in [5, 5.41) is 0. The number of methoxy groups -OCH3 is 1. The van der Waals surface area contributed by atoms with Crippen molar-refractivity contribution in [3.63, 3.8) is 0 Å². The molecule has 0 aliphatic carbocycles. The van der Waals surface area contributed by atoms with Crippen molar-refractivity contribution in [1.82, 2.24) is 19.4 Å². The minimum atomic E-state index is -0.667. The van der Waals surface area contributed by atoms with Crippen molar-refractivity contribution in [3.05, 3.63) is 30.4 Å². The van der Waals surface area contributed by atoms with Crippen LogP contribution in [-0.4, -0.2) is 76.7 Å². The van der Waals surface area contributed by atoms with Crippen LogP contribution in [0.2, 0.25) is 0 Å². The monoisotopic (exact) mass is 360 g/mol. The molecule has 4 atom stereocenters. The van der Waals surface area contributed by atoms with Crippen LogP contribution in [0, 0.1) is 11.8 Å². The largest absolute Gasteiger partial charge is 0.383 e. The number of imidazole rings is 1. The number of fused-ring (bicyclic) bond motifs is 1. The summed E-state index contributed by atoms with van der Waals surface area (Å²) in [6.07, 6.45) is 7.13. The first-order valence-electron chi connectivity index (χ1n) is 8.83. The van der Waals surface area contributed by atoms with Crippen LogP contribution in [0.5, 0.6) is 0 Å². The van der Waals surface area contributed by atoms with Crippen molar-refractivity contribution < 1.29 is 19.1 Å². The van der Waals surface area contributed by atoms with Gasteiger partial charge in [-0.2, -0.15) is 0 Å². The van der Waals surface area contributed by atoms with Crippen molar-refractivity contribution in [2.45, 2.75) is 18.2 Å². The molecule has 2 bridgehead atoms. The number of carbonyl (C=O) groups is 2. The third-order valence-corrected chi connectivity index (χ3v) is 5.70. The fraction of sp³-hybridized carbons (Fsp3) is 0.611. The summed E-state index contributed by atoms with van der Waals surface area (Å²) in [6, 6.07) is 0. The zero-order valence-corrected chi connectivity index (χ0v) is 15.3. The number of carbonyl (C=O) groups excluding carboxylic acids is 2. The first-order valence-corrected chi connectivity index (χ1v) is 8.83. The van der Waals surface area contributed by atoms with E-state index < -0.39 is 17.4 Å². The molecule has 8 nitrogen and oxygen atoms in total. The molecule has 2 saturated heterocycles. The van der Waals surface area contributed by atoms with Crippen LogP contribution in [0.1, 0.15) is 5.82 Å². The maximum absolute atomic E-state index is 13.2. The van der Waals surface area contributed by atoms with Crippen LogP contribution in [-0.2, 0) is 32.7 Å². The topological polar surface area (TPSA) is 76.9 Å². The average Bonchev–Trinajstić information content (AvgIpc) is 3.35. The lowest BCUT2D eigenvalue weighted by Gasteiger charge is -2.27. The Balaban J connectivity index is 1.53. The number of hydrogen-bond acceptors (Lipinski definition) is 5. The summed E-state index contributed by atoms with van der Waals surface area (Å²) in [6.45, 7) is 1.87. The smallest absolute Gasteiger partial charge is 0.230 e. The summed E-state index contributed by atoms with van der Waals surface area (Å²) >= 11 is 0. The lowest BCUT2D eigenvalue weighted by molar-refractivity contribution is -0.143. The van der Waals surface area contributed by atoms with E-state index in [1.807, 2.05) is 30.0 Å². The zero-order chi connectivity index (χ0) is 18.5. The standard InChI is InChI=1S/C18H24N4O4/c1-20-7-6-19-13(20)10-21(2)16(23)14-12-4-5-18(26-12)11-22(8-9-25-3)17(24)15(14)18/h4-7,12,14-15H,8-11H2,1-3H3/t12-,14-,15-,18-/m0/s1. The van der Waals surface area contributed by atoms with Crippen LogP contribution < -0.4 is 0 Å². The maximum atomic E-state index is 13.2. The number of aryl methyl sites for hydroxylation is 1. The van der Waals surface area contributed by atoms with E-state index in [4.69, 9.17) is 9.47 Å². The molecule has 1 spiro atoms. The minimum Gasteiger partial charge on any atom is -0.383 e. The predicted octanol–water partition coefficient (Wildman–Crippen LogP) is -0.193. The first-order chi connectivity index (χ1) is 12.5. The third-order valence-electron chi connectivity index (χ3n) is 5.70. The molecule has 2 fully saturated rings. The fourth-order valence-corrected chi connectivity index (χ4v) is 4.34. The van der Waals surface area contributed by atoms with Crippen molar-refractivity contribution in [3.8, 4) is 0 Å². The molecule has 0 unspecified atom stereocenters. The highest BCUT2D eigenvalue weighted by atomic mass is 16.5. The van der Waals surface area contributed by atoms with Gasteiger partial charge in [0.05, 0.1) is 37.6 Å². The van der Waals surface area contributed by atoms with E-state index in [9.17, 15) is 9.59 Å². The molecular formula is C18H24N4O4. The van der Waals surface area contributed by atoms with E-state index in [0.717, 1.165) is 5.82 Å². The molecule has 0 aromatic carbocycles. The van der Waals surface area contributed by atoms with Crippen LogP contribution >= 0.6 is 0 Å². The highest BCUT2D eigenvalue weighted by molar-refractivity contribution is 5.92. The Hall–Kier alpha value is -2.19. The van der Waals surface area contributed by atoms with Crippen molar-refractivity contribution in [2.75, 3.05) is 33.9 Å². The van der Waals surface area contributed by atoms with Gasteiger partial charge in [0.25, 0.3) is 0 Å². The van der Waals surface area contributed by atoms with Gasteiger partial charge in [-0.05, 0) is 0 Å². The Morgan fingerprint density at radius 1 is 1.54 bits per heavy atom. The second-order valence-corrected chi connectivity index (χ2v) is 7.30. The molecule has 4 rings (SSSR count). The predicted molar refractivity (Wildman–Crippen MR) is 91.9 cm³/mol. The lowest BCUT2D eigenvalue weighted by Crippen LogP contribution is -2.44. The Labute approximate surface area is 152 Å².